The zero-order valence-electron chi connectivity index (χ0n) is 17.6. The van der Waals surface area contributed by atoms with Crippen LogP contribution in [-0.2, 0) is 0 Å². The number of amides is 2. The number of anilines is 1. The van der Waals surface area contributed by atoms with Crippen LogP contribution in [0.2, 0.25) is 0 Å². The van der Waals surface area contributed by atoms with Crippen molar-refractivity contribution < 1.29 is 14.3 Å². The molecule has 2 aromatic rings. The summed E-state index contributed by atoms with van der Waals surface area (Å²) in [4.78, 5) is 16.9. The maximum Gasteiger partial charge on any atom is 0.317 e. The molecule has 1 heterocycles. The van der Waals surface area contributed by atoms with Gasteiger partial charge in [0, 0.05) is 44.0 Å². The monoisotopic (exact) mass is 397 g/mol. The molecule has 0 spiro atoms. The molecule has 0 aliphatic carbocycles. The number of methoxy groups -OCH3 is 2. The normalized spacial score (nSPS) is 15.8. The number of hydrogen-bond donors (Lipinski definition) is 1. The average molecular weight is 398 g/mol. The predicted octanol–water partition coefficient (Wildman–Crippen LogP) is 4.08. The van der Waals surface area contributed by atoms with Crippen LogP contribution in [0.25, 0.3) is 0 Å². The molecule has 1 fully saturated rings. The summed E-state index contributed by atoms with van der Waals surface area (Å²) in [6, 6.07) is 16.1. The van der Waals surface area contributed by atoms with Gasteiger partial charge in [0.1, 0.15) is 11.5 Å². The van der Waals surface area contributed by atoms with Crippen molar-refractivity contribution in [3.05, 3.63) is 54.1 Å². The summed E-state index contributed by atoms with van der Waals surface area (Å²) < 4.78 is 10.8. The highest BCUT2D eigenvalue weighted by Crippen LogP contribution is 2.38. The van der Waals surface area contributed by atoms with Crippen LogP contribution in [0.3, 0.4) is 0 Å². The van der Waals surface area contributed by atoms with Crippen molar-refractivity contribution in [2.45, 2.75) is 25.3 Å². The molecule has 1 saturated heterocycles. The molecule has 0 aromatic heterocycles. The molecule has 156 valence electrons. The lowest BCUT2D eigenvalue weighted by atomic mass is 10.0. The Kier molecular flexibility index (Phi) is 7.22. The second-order valence-electron chi connectivity index (χ2n) is 7.30. The Balaban J connectivity index is 1.54. The smallest absolute Gasteiger partial charge is 0.317 e. The number of rotatable bonds is 8. The molecule has 1 N–H and O–H groups in total. The van der Waals surface area contributed by atoms with E-state index in [1.165, 1.54) is 5.69 Å². The van der Waals surface area contributed by atoms with E-state index in [1.807, 2.05) is 41.3 Å². The van der Waals surface area contributed by atoms with Gasteiger partial charge in [-0.2, -0.15) is 0 Å². The predicted molar refractivity (Wildman–Crippen MR) is 116 cm³/mol. The Bertz CT molecular complexity index is 797. The highest BCUT2D eigenvalue weighted by Gasteiger charge is 2.31. The zero-order valence-corrected chi connectivity index (χ0v) is 17.6. The first-order chi connectivity index (χ1) is 14.1. The van der Waals surface area contributed by atoms with E-state index < -0.39 is 0 Å². The maximum absolute atomic E-state index is 12.8. The van der Waals surface area contributed by atoms with Gasteiger partial charge in [0.2, 0.25) is 0 Å². The standard InChI is InChI=1S/C23H31N3O3/c1-25(18-9-5-4-6-10-18)15-8-14-24-23(27)26-16-7-11-21(26)20-13-12-19(28-2)17-22(20)29-3/h4-6,9-10,12-13,17,21H,7-8,11,14-16H2,1-3H3,(H,24,27). The van der Waals surface area contributed by atoms with Gasteiger partial charge in [-0.05, 0) is 43.5 Å². The molecule has 6 nitrogen and oxygen atoms in total. The second kappa shape index (κ2) is 10.0. The number of para-hydroxylation sites is 1. The number of urea groups is 1. The number of ether oxygens (including phenoxy) is 2. The highest BCUT2D eigenvalue weighted by atomic mass is 16.5. The number of benzene rings is 2. The van der Waals surface area contributed by atoms with E-state index in [1.54, 1.807) is 14.2 Å². The Morgan fingerprint density at radius 3 is 2.69 bits per heavy atom. The Morgan fingerprint density at radius 1 is 1.17 bits per heavy atom. The molecule has 0 bridgehead atoms. The van der Waals surface area contributed by atoms with Gasteiger partial charge in [-0.15, -0.1) is 0 Å². The first-order valence-corrected chi connectivity index (χ1v) is 10.2. The molecule has 1 aliphatic rings. The molecule has 3 rings (SSSR count). The SMILES string of the molecule is COc1ccc(C2CCCN2C(=O)NCCCN(C)c2ccccc2)c(OC)c1. The minimum absolute atomic E-state index is 0.00673. The van der Waals surface area contributed by atoms with Crippen LogP contribution in [-0.4, -0.2) is 51.8 Å². The summed E-state index contributed by atoms with van der Waals surface area (Å²) in [7, 11) is 5.36. The first-order valence-electron chi connectivity index (χ1n) is 10.2. The fraction of sp³-hybridized carbons (Fsp3) is 0.435. The van der Waals surface area contributed by atoms with Crippen LogP contribution in [0, 0.1) is 0 Å². The molecule has 1 atom stereocenters. The fourth-order valence-electron chi connectivity index (χ4n) is 3.85. The van der Waals surface area contributed by atoms with E-state index >= 15 is 0 Å². The number of likely N-dealkylation sites (tertiary alicyclic amines) is 1. The van der Waals surface area contributed by atoms with E-state index in [9.17, 15) is 4.79 Å². The number of nitrogens with one attached hydrogen (secondary N) is 1. The molecule has 29 heavy (non-hydrogen) atoms. The molecule has 0 saturated carbocycles. The van der Waals surface area contributed by atoms with Gasteiger partial charge in [0.25, 0.3) is 0 Å². The third-order valence-corrected chi connectivity index (χ3v) is 5.46. The van der Waals surface area contributed by atoms with E-state index in [4.69, 9.17) is 9.47 Å². The van der Waals surface area contributed by atoms with Crippen molar-refractivity contribution in [3.8, 4) is 11.5 Å². The quantitative estimate of drug-likeness (QED) is 0.682. The van der Waals surface area contributed by atoms with Crippen molar-refractivity contribution in [1.29, 1.82) is 0 Å². The Hall–Kier alpha value is -2.89. The van der Waals surface area contributed by atoms with E-state index in [2.05, 4.69) is 29.4 Å². The summed E-state index contributed by atoms with van der Waals surface area (Å²) in [5.74, 6) is 1.51. The molecule has 1 aliphatic heterocycles. The molecule has 2 aromatic carbocycles. The third kappa shape index (κ3) is 5.13. The highest BCUT2D eigenvalue weighted by molar-refractivity contribution is 5.75. The topological polar surface area (TPSA) is 54.0 Å². The van der Waals surface area contributed by atoms with E-state index in [0.29, 0.717) is 6.54 Å². The van der Waals surface area contributed by atoms with Crippen LogP contribution in [0.4, 0.5) is 10.5 Å². The zero-order chi connectivity index (χ0) is 20.6. The van der Waals surface area contributed by atoms with Crippen molar-refractivity contribution in [3.63, 3.8) is 0 Å². The Morgan fingerprint density at radius 2 is 1.97 bits per heavy atom. The molecular formula is C23H31N3O3. The van der Waals surface area contributed by atoms with E-state index in [0.717, 1.165) is 49.4 Å². The van der Waals surface area contributed by atoms with Crippen molar-refractivity contribution >= 4 is 11.7 Å². The fourth-order valence-corrected chi connectivity index (χ4v) is 3.85. The lowest BCUT2D eigenvalue weighted by Crippen LogP contribution is -2.40. The van der Waals surface area contributed by atoms with Crippen LogP contribution in [0.15, 0.2) is 48.5 Å². The van der Waals surface area contributed by atoms with Crippen molar-refractivity contribution in [1.82, 2.24) is 10.2 Å². The van der Waals surface area contributed by atoms with Gasteiger partial charge in [0.05, 0.1) is 20.3 Å². The lowest BCUT2D eigenvalue weighted by molar-refractivity contribution is 0.192. The number of carbonyl (C=O) groups excluding carboxylic acids is 1. The van der Waals surface area contributed by atoms with Gasteiger partial charge in [0.15, 0.2) is 0 Å². The van der Waals surface area contributed by atoms with Gasteiger partial charge >= 0.3 is 6.03 Å². The van der Waals surface area contributed by atoms with Gasteiger partial charge in [-0.25, -0.2) is 4.79 Å². The average Bonchev–Trinajstić information content (AvgIpc) is 3.26. The minimum atomic E-state index is -0.00673. The Labute approximate surface area is 173 Å². The number of carbonyl (C=O) groups is 1. The minimum Gasteiger partial charge on any atom is -0.497 e. The number of hydrogen-bond acceptors (Lipinski definition) is 4. The summed E-state index contributed by atoms with van der Waals surface area (Å²) in [5, 5.41) is 3.09. The summed E-state index contributed by atoms with van der Waals surface area (Å²) in [6.45, 7) is 2.30. The van der Waals surface area contributed by atoms with Gasteiger partial charge < -0.3 is 24.6 Å². The van der Waals surface area contributed by atoms with Gasteiger partial charge in [-0.3, -0.25) is 0 Å². The van der Waals surface area contributed by atoms with Crippen molar-refractivity contribution in [2.24, 2.45) is 0 Å². The van der Waals surface area contributed by atoms with Crippen LogP contribution < -0.4 is 19.7 Å². The summed E-state index contributed by atoms with van der Waals surface area (Å²) >= 11 is 0. The molecule has 1 unspecified atom stereocenters. The first kappa shape index (κ1) is 20.8. The maximum atomic E-state index is 12.8. The summed E-state index contributed by atoms with van der Waals surface area (Å²) in [6.07, 6.45) is 2.82. The molecular weight excluding hydrogens is 366 g/mol. The van der Waals surface area contributed by atoms with Gasteiger partial charge in [-0.1, -0.05) is 18.2 Å². The van der Waals surface area contributed by atoms with Crippen LogP contribution >= 0.6 is 0 Å². The third-order valence-electron chi connectivity index (χ3n) is 5.46. The summed E-state index contributed by atoms with van der Waals surface area (Å²) in [5.41, 5.74) is 2.22. The molecule has 6 heteroatoms. The van der Waals surface area contributed by atoms with Crippen molar-refractivity contribution in [2.75, 3.05) is 45.8 Å². The molecule has 2 amide bonds. The largest absolute Gasteiger partial charge is 0.497 e. The van der Waals surface area contributed by atoms with Crippen LogP contribution in [0.5, 0.6) is 11.5 Å². The molecule has 0 radical (unpaired) electrons. The second-order valence-corrected chi connectivity index (χ2v) is 7.30. The number of nitrogens with zero attached hydrogens (tertiary/aromatic N) is 2. The van der Waals surface area contributed by atoms with Crippen LogP contribution in [0.1, 0.15) is 30.9 Å². The van der Waals surface area contributed by atoms with E-state index in [-0.39, 0.29) is 12.1 Å². The lowest BCUT2D eigenvalue weighted by Gasteiger charge is -2.27.